The van der Waals surface area contributed by atoms with Crippen LogP contribution in [-0.4, -0.2) is 35.9 Å². The van der Waals surface area contributed by atoms with Gasteiger partial charge in [-0.15, -0.1) is 0 Å². The minimum absolute atomic E-state index is 0.140. The molecule has 0 aliphatic heterocycles. The standard InChI is InChI=1S/C24H31BrN2O3/c1-5-19-11-12-22(21(25)13-19)30-16-23(28)27(15-20-9-7-6-8-10-20)18(4)24(29)26-14-17(2)3/h6-13,17-18H,5,14-16H2,1-4H3,(H,26,29)/t18-/m0/s1. The van der Waals surface area contributed by atoms with Crippen molar-refractivity contribution in [2.75, 3.05) is 13.2 Å². The number of carbonyl (C=O) groups is 2. The van der Waals surface area contributed by atoms with E-state index >= 15 is 0 Å². The highest BCUT2D eigenvalue weighted by molar-refractivity contribution is 9.10. The zero-order chi connectivity index (χ0) is 22.1. The molecule has 2 rings (SSSR count). The van der Waals surface area contributed by atoms with Crippen LogP contribution in [0.3, 0.4) is 0 Å². The summed E-state index contributed by atoms with van der Waals surface area (Å²) in [5.41, 5.74) is 2.14. The van der Waals surface area contributed by atoms with E-state index < -0.39 is 6.04 Å². The van der Waals surface area contributed by atoms with Crippen molar-refractivity contribution < 1.29 is 14.3 Å². The van der Waals surface area contributed by atoms with Crippen molar-refractivity contribution in [1.82, 2.24) is 10.2 Å². The summed E-state index contributed by atoms with van der Waals surface area (Å²) in [6.07, 6.45) is 0.922. The molecule has 2 aromatic rings. The van der Waals surface area contributed by atoms with Crippen molar-refractivity contribution in [2.24, 2.45) is 5.92 Å². The number of halogens is 1. The van der Waals surface area contributed by atoms with Gasteiger partial charge in [-0.25, -0.2) is 0 Å². The topological polar surface area (TPSA) is 58.6 Å². The van der Waals surface area contributed by atoms with Gasteiger partial charge >= 0.3 is 0 Å². The Kier molecular flexibility index (Phi) is 9.37. The van der Waals surface area contributed by atoms with E-state index in [9.17, 15) is 9.59 Å². The fraction of sp³-hybridized carbons (Fsp3) is 0.417. The second-order valence-corrected chi connectivity index (χ2v) is 8.58. The molecule has 1 N–H and O–H groups in total. The van der Waals surface area contributed by atoms with E-state index in [4.69, 9.17) is 4.74 Å². The number of nitrogens with zero attached hydrogens (tertiary/aromatic N) is 1. The van der Waals surface area contributed by atoms with Crippen LogP contribution < -0.4 is 10.1 Å². The molecule has 0 aromatic heterocycles. The second kappa shape index (κ2) is 11.7. The molecule has 162 valence electrons. The first-order chi connectivity index (χ1) is 14.3. The molecule has 2 aromatic carbocycles. The molecular weight excluding hydrogens is 444 g/mol. The number of benzene rings is 2. The smallest absolute Gasteiger partial charge is 0.261 e. The minimum Gasteiger partial charge on any atom is -0.483 e. The van der Waals surface area contributed by atoms with Crippen molar-refractivity contribution in [1.29, 1.82) is 0 Å². The average Bonchev–Trinajstić information content (AvgIpc) is 2.74. The van der Waals surface area contributed by atoms with Crippen molar-refractivity contribution in [3.8, 4) is 5.75 Å². The van der Waals surface area contributed by atoms with Crippen molar-refractivity contribution >= 4 is 27.7 Å². The summed E-state index contributed by atoms with van der Waals surface area (Å²) in [5, 5.41) is 2.92. The summed E-state index contributed by atoms with van der Waals surface area (Å²) in [5.74, 6) is 0.544. The largest absolute Gasteiger partial charge is 0.483 e. The van der Waals surface area contributed by atoms with Crippen LogP contribution in [0.15, 0.2) is 53.0 Å². The van der Waals surface area contributed by atoms with E-state index in [2.05, 4.69) is 28.2 Å². The predicted molar refractivity (Wildman–Crippen MR) is 123 cm³/mol. The molecule has 0 heterocycles. The van der Waals surface area contributed by atoms with Crippen LogP contribution in [0.5, 0.6) is 5.75 Å². The summed E-state index contributed by atoms with van der Waals surface area (Å²) in [7, 11) is 0. The SMILES string of the molecule is CCc1ccc(OCC(=O)N(Cc2ccccc2)[C@@H](C)C(=O)NCC(C)C)c(Br)c1. The summed E-state index contributed by atoms with van der Waals surface area (Å²) in [6, 6.07) is 14.9. The van der Waals surface area contributed by atoms with Gasteiger partial charge in [-0.3, -0.25) is 9.59 Å². The van der Waals surface area contributed by atoms with Crippen LogP contribution in [0.4, 0.5) is 0 Å². The van der Waals surface area contributed by atoms with E-state index in [1.165, 1.54) is 5.56 Å². The Labute approximate surface area is 187 Å². The quantitative estimate of drug-likeness (QED) is 0.548. The summed E-state index contributed by atoms with van der Waals surface area (Å²) >= 11 is 3.50. The fourth-order valence-corrected chi connectivity index (χ4v) is 3.46. The van der Waals surface area contributed by atoms with Crippen LogP contribution in [-0.2, 0) is 22.6 Å². The zero-order valence-electron chi connectivity index (χ0n) is 18.2. The van der Waals surface area contributed by atoms with Crippen molar-refractivity contribution in [2.45, 2.75) is 46.7 Å². The van der Waals surface area contributed by atoms with Crippen molar-refractivity contribution in [3.05, 3.63) is 64.1 Å². The van der Waals surface area contributed by atoms with Gasteiger partial charge in [-0.2, -0.15) is 0 Å². The summed E-state index contributed by atoms with van der Waals surface area (Å²) in [6.45, 7) is 8.68. The van der Waals surface area contributed by atoms with E-state index in [0.717, 1.165) is 16.5 Å². The zero-order valence-corrected chi connectivity index (χ0v) is 19.7. The van der Waals surface area contributed by atoms with Crippen molar-refractivity contribution in [3.63, 3.8) is 0 Å². The molecule has 0 bridgehead atoms. The van der Waals surface area contributed by atoms with Crippen LogP contribution >= 0.6 is 15.9 Å². The van der Waals surface area contributed by atoms with Gasteiger partial charge < -0.3 is 15.0 Å². The molecule has 1 atom stereocenters. The maximum atomic E-state index is 13.0. The monoisotopic (exact) mass is 474 g/mol. The number of nitrogens with one attached hydrogen (secondary N) is 1. The highest BCUT2D eigenvalue weighted by Gasteiger charge is 2.26. The molecule has 0 spiro atoms. The number of rotatable bonds is 10. The van der Waals surface area contributed by atoms with Gasteiger partial charge in [-0.05, 0) is 58.5 Å². The number of aryl methyl sites for hydroxylation is 1. The lowest BCUT2D eigenvalue weighted by molar-refractivity contribution is -0.142. The third-order valence-electron chi connectivity index (χ3n) is 4.80. The highest BCUT2D eigenvalue weighted by Crippen LogP contribution is 2.26. The van der Waals surface area contributed by atoms with Gasteiger partial charge in [0.15, 0.2) is 6.61 Å². The Hall–Kier alpha value is -2.34. The van der Waals surface area contributed by atoms with Gasteiger partial charge in [0.1, 0.15) is 11.8 Å². The fourth-order valence-electron chi connectivity index (χ4n) is 2.92. The molecule has 0 aliphatic carbocycles. The average molecular weight is 475 g/mol. The third kappa shape index (κ3) is 7.17. The Morgan fingerprint density at radius 2 is 1.77 bits per heavy atom. The van der Waals surface area contributed by atoms with E-state index in [0.29, 0.717) is 24.8 Å². The molecule has 30 heavy (non-hydrogen) atoms. The number of ether oxygens (including phenoxy) is 1. The lowest BCUT2D eigenvalue weighted by Crippen LogP contribution is -2.49. The Morgan fingerprint density at radius 1 is 1.07 bits per heavy atom. The first-order valence-electron chi connectivity index (χ1n) is 10.3. The molecule has 0 fully saturated rings. The minimum atomic E-state index is -0.606. The first kappa shape index (κ1) is 23.9. The predicted octanol–water partition coefficient (Wildman–Crippen LogP) is 4.58. The van der Waals surface area contributed by atoms with E-state index in [-0.39, 0.29) is 18.4 Å². The molecule has 2 amide bonds. The first-order valence-corrected chi connectivity index (χ1v) is 11.1. The highest BCUT2D eigenvalue weighted by atomic mass is 79.9. The maximum Gasteiger partial charge on any atom is 0.261 e. The van der Waals surface area contributed by atoms with Gasteiger partial charge in [-0.1, -0.05) is 57.2 Å². The number of amides is 2. The van der Waals surface area contributed by atoms with Gasteiger partial charge in [0, 0.05) is 13.1 Å². The summed E-state index contributed by atoms with van der Waals surface area (Å²) in [4.78, 5) is 27.2. The van der Waals surface area contributed by atoms with Crippen LogP contribution in [0.2, 0.25) is 0 Å². The van der Waals surface area contributed by atoms with E-state index in [1.807, 2.05) is 62.4 Å². The van der Waals surface area contributed by atoms with Crippen LogP contribution in [0.1, 0.15) is 38.8 Å². The maximum absolute atomic E-state index is 13.0. The molecule has 0 unspecified atom stereocenters. The Bertz CT molecular complexity index is 840. The molecule has 6 heteroatoms. The van der Waals surface area contributed by atoms with Crippen LogP contribution in [0.25, 0.3) is 0 Å². The second-order valence-electron chi connectivity index (χ2n) is 7.73. The number of hydrogen-bond acceptors (Lipinski definition) is 3. The lowest BCUT2D eigenvalue weighted by Gasteiger charge is -2.29. The molecule has 0 aliphatic rings. The summed E-state index contributed by atoms with van der Waals surface area (Å²) < 4.78 is 6.59. The Morgan fingerprint density at radius 3 is 2.37 bits per heavy atom. The Balaban J connectivity index is 2.12. The number of hydrogen-bond donors (Lipinski definition) is 1. The molecule has 0 radical (unpaired) electrons. The lowest BCUT2D eigenvalue weighted by atomic mass is 10.1. The third-order valence-corrected chi connectivity index (χ3v) is 5.42. The van der Waals surface area contributed by atoms with Gasteiger partial charge in [0.05, 0.1) is 4.47 Å². The number of carbonyl (C=O) groups excluding carboxylic acids is 2. The molecular formula is C24H31BrN2O3. The van der Waals surface area contributed by atoms with Crippen LogP contribution in [0, 0.1) is 5.92 Å². The normalized spacial score (nSPS) is 11.8. The molecule has 0 saturated heterocycles. The molecule has 5 nitrogen and oxygen atoms in total. The van der Waals surface area contributed by atoms with Gasteiger partial charge in [0.2, 0.25) is 5.91 Å². The molecule has 0 saturated carbocycles. The van der Waals surface area contributed by atoms with E-state index in [1.54, 1.807) is 11.8 Å². The van der Waals surface area contributed by atoms with Gasteiger partial charge in [0.25, 0.3) is 5.91 Å².